The van der Waals surface area contributed by atoms with Crippen LogP contribution in [0.15, 0.2) is 46.1 Å². The van der Waals surface area contributed by atoms with Gasteiger partial charge in [0.15, 0.2) is 0 Å². The summed E-state index contributed by atoms with van der Waals surface area (Å²) in [6.45, 7) is 2.58. The molecule has 2 N–H and O–H groups in total. The third-order valence-electron chi connectivity index (χ3n) is 4.61. The summed E-state index contributed by atoms with van der Waals surface area (Å²) in [5.74, 6) is 1.24. The van der Waals surface area contributed by atoms with Crippen molar-refractivity contribution < 1.29 is 4.74 Å². The van der Waals surface area contributed by atoms with E-state index in [0.717, 1.165) is 29.8 Å². The molecule has 26 heavy (non-hydrogen) atoms. The molecule has 0 aliphatic carbocycles. The van der Waals surface area contributed by atoms with Crippen molar-refractivity contribution in [2.45, 2.75) is 13.3 Å². The standard InChI is InChI=1S/C19H18N4O3/c1-11-16(23(2)19(25)22-17(11)24)12-3-5-13(6-4-12)26-18-14-7-9-20-15(14)8-10-21-18/h3-6,8,10,20H,7,9H2,1-2H3,(H,22,24,25). The Balaban J connectivity index is 1.68. The van der Waals surface area contributed by atoms with E-state index in [4.69, 9.17) is 4.74 Å². The summed E-state index contributed by atoms with van der Waals surface area (Å²) in [7, 11) is 1.63. The van der Waals surface area contributed by atoms with Crippen LogP contribution >= 0.6 is 0 Å². The Kier molecular flexibility index (Phi) is 3.84. The van der Waals surface area contributed by atoms with Gasteiger partial charge in [0.1, 0.15) is 5.75 Å². The second kappa shape index (κ2) is 6.18. The number of aromatic nitrogens is 3. The summed E-state index contributed by atoms with van der Waals surface area (Å²) >= 11 is 0. The van der Waals surface area contributed by atoms with Crippen molar-refractivity contribution in [1.82, 2.24) is 14.5 Å². The van der Waals surface area contributed by atoms with Crippen molar-refractivity contribution in [2.24, 2.45) is 7.05 Å². The quantitative estimate of drug-likeness (QED) is 0.756. The molecule has 0 spiro atoms. The molecule has 1 aliphatic rings. The topological polar surface area (TPSA) is 89.0 Å². The van der Waals surface area contributed by atoms with Gasteiger partial charge in [-0.3, -0.25) is 14.3 Å². The van der Waals surface area contributed by atoms with Gasteiger partial charge in [-0.25, -0.2) is 9.78 Å². The van der Waals surface area contributed by atoms with Crippen LogP contribution in [0, 0.1) is 6.92 Å². The molecule has 0 amide bonds. The molecule has 3 aromatic rings. The first-order chi connectivity index (χ1) is 12.5. The lowest BCUT2D eigenvalue weighted by atomic mass is 10.1. The summed E-state index contributed by atoms with van der Waals surface area (Å²) in [5.41, 5.74) is 3.17. The SMILES string of the molecule is Cc1c(-c2ccc(Oc3nccc4c3CCN4)cc2)n(C)c(=O)[nH]c1=O. The molecule has 132 valence electrons. The Morgan fingerprint density at radius 2 is 1.92 bits per heavy atom. The Bertz CT molecular complexity index is 1060. The maximum Gasteiger partial charge on any atom is 0.328 e. The third-order valence-corrected chi connectivity index (χ3v) is 4.61. The number of nitrogens with one attached hydrogen (secondary N) is 2. The number of hydrogen-bond acceptors (Lipinski definition) is 5. The summed E-state index contributed by atoms with van der Waals surface area (Å²) in [6.07, 6.45) is 2.60. The van der Waals surface area contributed by atoms with Gasteiger partial charge in [0.05, 0.1) is 5.69 Å². The van der Waals surface area contributed by atoms with Gasteiger partial charge in [-0.15, -0.1) is 0 Å². The average Bonchev–Trinajstić information content (AvgIpc) is 3.11. The van der Waals surface area contributed by atoms with Crippen LogP contribution in [0.3, 0.4) is 0 Å². The second-order valence-corrected chi connectivity index (χ2v) is 6.24. The van der Waals surface area contributed by atoms with Gasteiger partial charge in [0.2, 0.25) is 5.88 Å². The zero-order valence-corrected chi connectivity index (χ0v) is 14.5. The van der Waals surface area contributed by atoms with Crippen LogP contribution in [0.2, 0.25) is 0 Å². The number of pyridine rings is 1. The molecular weight excluding hydrogens is 332 g/mol. The number of rotatable bonds is 3. The fourth-order valence-corrected chi connectivity index (χ4v) is 3.23. The van der Waals surface area contributed by atoms with E-state index in [2.05, 4.69) is 15.3 Å². The van der Waals surface area contributed by atoms with Crippen molar-refractivity contribution in [2.75, 3.05) is 11.9 Å². The van der Waals surface area contributed by atoms with Crippen molar-refractivity contribution in [1.29, 1.82) is 0 Å². The molecule has 0 fully saturated rings. The van der Waals surface area contributed by atoms with E-state index >= 15 is 0 Å². The summed E-state index contributed by atoms with van der Waals surface area (Å²) in [6, 6.07) is 9.22. The zero-order chi connectivity index (χ0) is 18.3. The molecule has 7 heteroatoms. The molecule has 7 nitrogen and oxygen atoms in total. The second-order valence-electron chi connectivity index (χ2n) is 6.24. The first kappa shape index (κ1) is 16.1. The van der Waals surface area contributed by atoms with Crippen LogP contribution in [-0.4, -0.2) is 21.1 Å². The number of ether oxygens (including phenoxy) is 1. The lowest BCUT2D eigenvalue weighted by molar-refractivity contribution is 0.458. The van der Waals surface area contributed by atoms with Crippen LogP contribution in [0.5, 0.6) is 11.6 Å². The molecule has 1 aliphatic heterocycles. The van der Waals surface area contributed by atoms with Crippen molar-refractivity contribution >= 4 is 5.69 Å². The number of fused-ring (bicyclic) bond motifs is 1. The Labute approximate surface area is 149 Å². The van der Waals surface area contributed by atoms with E-state index in [0.29, 0.717) is 22.9 Å². The van der Waals surface area contributed by atoms with Gasteiger partial charge in [-0.1, -0.05) is 0 Å². The monoisotopic (exact) mass is 350 g/mol. The van der Waals surface area contributed by atoms with Crippen LogP contribution in [0.25, 0.3) is 11.3 Å². The van der Waals surface area contributed by atoms with E-state index in [-0.39, 0.29) is 5.56 Å². The molecule has 2 aromatic heterocycles. The predicted molar refractivity (Wildman–Crippen MR) is 99.0 cm³/mol. The number of anilines is 1. The molecule has 3 heterocycles. The molecular formula is C19H18N4O3. The maximum atomic E-state index is 11.9. The van der Waals surface area contributed by atoms with E-state index < -0.39 is 5.69 Å². The molecule has 0 unspecified atom stereocenters. The Morgan fingerprint density at radius 1 is 1.15 bits per heavy atom. The average molecular weight is 350 g/mol. The minimum Gasteiger partial charge on any atom is -0.439 e. The molecule has 1 aromatic carbocycles. The minimum absolute atomic E-state index is 0.375. The number of aromatic amines is 1. The molecule has 0 bridgehead atoms. The fourth-order valence-electron chi connectivity index (χ4n) is 3.23. The van der Waals surface area contributed by atoms with E-state index in [1.165, 1.54) is 4.57 Å². The van der Waals surface area contributed by atoms with Crippen LogP contribution < -0.4 is 21.3 Å². The predicted octanol–water partition coefficient (Wildman–Crippen LogP) is 2.20. The lowest BCUT2D eigenvalue weighted by Gasteiger charge is -2.12. The van der Waals surface area contributed by atoms with Gasteiger partial charge in [0, 0.05) is 36.6 Å². The molecule has 0 atom stereocenters. The number of nitrogens with zero attached hydrogens (tertiary/aromatic N) is 2. The fraction of sp³-hybridized carbons (Fsp3) is 0.211. The van der Waals surface area contributed by atoms with Gasteiger partial charge < -0.3 is 10.1 Å². The van der Waals surface area contributed by atoms with E-state index in [9.17, 15) is 9.59 Å². The summed E-state index contributed by atoms with van der Waals surface area (Å²) in [4.78, 5) is 30.4. The first-order valence-electron chi connectivity index (χ1n) is 8.34. The molecule has 4 rings (SSSR count). The third kappa shape index (κ3) is 2.67. The highest BCUT2D eigenvalue weighted by atomic mass is 16.5. The largest absolute Gasteiger partial charge is 0.439 e. The molecule has 0 saturated carbocycles. The minimum atomic E-state index is -0.438. The van der Waals surface area contributed by atoms with Crippen LogP contribution in [0.4, 0.5) is 5.69 Å². The highest BCUT2D eigenvalue weighted by Gasteiger charge is 2.17. The van der Waals surface area contributed by atoms with Gasteiger partial charge in [0.25, 0.3) is 5.56 Å². The number of hydrogen-bond donors (Lipinski definition) is 2. The zero-order valence-electron chi connectivity index (χ0n) is 14.5. The van der Waals surface area contributed by atoms with Crippen molar-refractivity contribution in [3.8, 4) is 22.9 Å². The number of benzene rings is 1. The molecule has 0 radical (unpaired) electrons. The Morgan fingerprint density at radius 3 is 2.69 bits per heavy atom. The van der Waals surface area contributed by atoms with Gasteiger partial charge in [-0.05, 0) is 49.2 Å². The number of H-pyrrole nitrogens is 1. The van der Waals surface area contributed by atoms with Gasteiger partial charge in [-0.2, -0.15) is 0 Å². The smallest absolute Gasteiger partial charge is 0.328 e. The van der Waals surface area contributed by atoms with Crippen molar-refractivity contribution in [3.63, 3.8) is 0 Å². The maximum absolute atomic E-state index is 11.9. The molecule has 0 saturated heterocycles. The van der Waals surface area contributed by atoms with Gasteiger partial charge >= 0.3 is 5.69 Å². The van der Waals surface area contributed by atoms with E-state index in [1.807, 2.05) is 30.3 Å². The summed E-state index contributed by atoms with van der Waals surface area (Å²) in [5, 5.41) is 3.30. The first-order valence-corrected chi connectivity index (χ1v) is 8.34. The highest BCUT2D eigenvalue weighted by Crippen LogP contribution is 2.32. The Hall–Kier alpha value is -3.35. The normalized spacial score (nSPS) is 12.5. The summed E-state index contributed by atoms with van der Waals surface area (Å²) < 4.78 is 7.37. The van der Waals surface area contributed by atoms with Crippen molar-refractivity contribution in [3.05, 3.63) is 68.5 Å². The lowest BCUT2D eigenvalue weighted by Crippen LogP contribution is -2.31. The van der Waals surface area contributed by atoms with E-state index in [1.54, 1.807) is 20.2 Å². The highest BCUT2D eigenvalue weighted by molar-refractivity contribution is 5.64. The van der Waals surface area contributed by atoms with Crippen LogP contribution in [0.1, 0.15) is 11.1 Å². The van der Waals surface area contributed by atoms with Crippen LogP contribution in [-0.2, 0) is 13.5 Å².